The van der Waals surface area contributed by atoms with E-state index in [0.29, 0.717) is 13.0 Å². The van der Waals surface area contributed by atoms with E-state index < -0.39 is 36.1 Å². The van der Waals surface area contributed by atoms with Crippen LogP contribution < -0.4 is 16.0 Å². The van der Waals surface area contributed by atoms with E-state index in [1.165, 1.54) is 0 Å². The molecule has 39 heavy (non-hydrogen) atoms. The summed E-state index contributed by atoms with van der Waals surface area (Å²) in [4.78, 5) is 51.1. The Morgan fingerprint density at radius 2 is 1.26 bits per heavy atom. The summed E-state index contributed by atoms with van der Waals surface area (Å²) in [6.45, 7) is 0.0135. The van der Waals surface area contributed by atoms with Crippen LogP contribution in [0.4, 0.5) is 4.79 Å². The van der Waals surface area contributed by atoms with Gasteiger partial charge in [-0.2, -0.15) is 0 Å². The van der Waals surface area contributed by atoms with Crippen LogP contribution in [0.25, 0.3) is 0 Å². The van der Waals surface area contributed by atoms with Crippen molar-refractivity contribution in [3.63, 3.8) is 0 Å². The zero-order chi connectivity index (χ0) is 27.5. The lowest BCUT2D eigenvalue weighted by Crippen LogP contribution is -2.55. The van der Waals surface area contributed by atoms with Gasteiger partial charge >= 0.3 is 6.09 Å². The summed E-state index contributed by atoms with van der Waals surface area (Å²) in [6, 6.07) is 25.9. The van der Waals surface area contributed by atoms with Crippen molar-refractivity contribution < 1.29 is 28.7 Å². The van der Waals surface area contributed by atoms with Gasteiger partial charge in [-0.15, -0.1) is 0 Å². The number of carbonyl (C=O) groups excluding carboxylic acids is 4. The molecule has 3 amide bonds. The SMILES string of the molecule is O=C(CNC(=O)OCc1ccccc1)NC(Cc1ccccc1)C(=O)NC(Cc1ccccc1)C(=O)C1CO1. The Kier molecular flexibility index (Phi) is 9.80. The maximum absolute atomic E-state index is 13.4. The Labute approximate surface area is 226 Å². The molecular formula is C30H31N3O6. The third-order valence-corrected chi connectivity index (χ3v) is 6.13. The molecule has 0 aliphatic carbocycles. The van der Waals surface area contributed by atoms with Crippen LogP contribution in [-0.2, 0) is 43.3 Å². The fraction of sp³-hybridized carbons (Fsp3) is 0.267. The molecule has 1 aliphatic heterocycles. The number of Topliss-reactive ketones (excluding diaryl/α,β-unsaturated/α-hetero) is 1. The zero-order valence-corrected chi connectivity index (χ0v) is 21.4. The Hall–Kier alpha value is -4.50. The minimum Gasteiger partial charge on any atom is -0.445 e. The maximum atomic E-state index is 13.4. The topological polar surface area (TPSA) is 126 Å². The van der Waals surface area contributed by atoms with E-state index in [0.717, 1.165) is 16.7 Å². The summed E-state index contributed by atoms with van der Waals surface area (Å²) in [5, 5.41) is 7.90. The van der Waals surface area contributed by atoms with Crippen LogP contribution in [0.1, 0.15) is 16.7 Å². The van der Waals surface area contributed by atoms with Crippen LogP contribution in [0.15, 0.2) is 91.0 Å². The summed E-state index contributed by atoms with van der Waals surface area (Å²) in [5.41, 5.74) is 2.52. The first-order valence-corrected chi connectivity index (χ1v) is 12.8. The number of amides is 3. The first-order valence-electron chi connectivity index (χ1n) is 12.8. The number of carbonyl (C=O) groups is 4. The average Bonchev–Trinajstić information content (AvgIpc) is 3.81. The smallest absolute Gasteiger partial charge is 0.407 e. The van der Waals surface area contributed by atoms with Gasteiger partial charge in [0.05, 0.1) is 12.6 Å². The van der Waals surface area contributed by atoms with Crippen molar-refractivity contribution in [3.05, 3.63) is 108 Å². The number of alkyl carbamates (subject to hydrolysis) is 1. The van der Waals surface area contributed by atoms with E-state index in [2.05, 4.69) is 16.0 Å². The Morgan fingerprint density at radius 3 is 1.79 bits per heavy atom. The summed E-state index contributed by atoms with van der Waals surface area (Å²) in [7, 11) is 0. The van der Waals surface area contributed by atoms with Gasteiger partial charge in [0.15, 0.2) is 5.78 Å². The highest BCUT2D eigenvalue weighted by molar-refractivity contribution is 5.96. The highest BCUT2D eigenvalue weighted by Gasteiger charge is 2.38. The van der Waals surface area contributed by atoms with E-state index in [1.807, 2.05) is 91.0 Å². The number of ketones is 1. The quantitative estimate of drug-likeness (QED) is 0.292. The van der Waals surface area contributed by atoms with Crippen molar-refractivity contribution in [2.45, 2.75) is 37.6 Å². The second-order valence-corrected chi connectivity index (χ2v) is 9.20. The van der Waals surface area contributed by atoms with Gasteiger partial charge in [-0.05, 0) is 23.1 Å². The lowest BCUT2D eigenvalue weighted by molar-refractivity contribution is -0.131. The van der Waals surface area contributed by atoms with Crippen molar-refractivity contribution >= 4 is 23.7 Å². The first kappa shape index (κ1) is 27.5. The fourth-order valence-electron chi connectivity index (χ4n) is 4.01. The normalized spacial score (nSPS) is 15.3. The number of epoxide rings is 1. The second-order valence-electron chi connectivity index (χ2n) is 9.20. The van der Waals surface area contributed by atoms with Crippen molar-refractivity contribution in [3.8, 4) is 0 Å². The van der Waals surface area contributed by atoms with Crippen LogP contribution >= 0.6 is 0 Å². The molecule has 3 aromatic carbocycles. The van der Waals surface area contributed by atoms with E-state index in [-0.39, 0.29) is 25.4 Å². The number of nitrogens with one attached hydrogen (secondary N) is 3. The molecule has 3 unspecified atom stereocenters. The largest absolute Gasteiger partial charge is 0.445 e. The van der Waals surface area contributed by atoms with Crippen LogP contribution in [0, 0.1) is 0 Å². The molecule has 202 valence electrons. The monoisotopic (exact) mass is 529 g/mol. The minimum atomic E-state index is -0.978. The third-order valence-electron chi connectivity index (χ3n) is 6.13. The van der Waals surface area contributed by atoms with Crippen molar-refractivity contribution in [1.29, 1.82) is 0 Å². The van der Waals surface area contributed by atoms with Gasteiger partial charge in [0.2, 0.25) is 11.8 Å². The molecule has 0 radical (unpaired) electrons. The Balaban J connectivity index is 1.37. The van der Waals surface area contributed by atoms with E-state index in [9.17, 15) is 19.2 Å². The molecule has 9 nitrogen and oxygen atoms in total. The van der Waals surface area contributed by atoms with Gasteiger partial charge in [0, 0.05) is 6.42 Å². The average molecular weight is 530 g/mol. The number of rotatable bonds is 13. The van der Waals surface area contributed by atoms with Gasteiger partial charge in [0.1, 0.15) is 25.3 Å². The highest BCUT2D eigenvalue weighted by Crippen LogP contribution is 2.16. The number of hydrogen-bond donors (Lipinski definition) is 3. The molecule has 3 N–H and O–H groups in total. The molecular weight excluding hydrogens is 498 g/mol. The highest BCUT2D eigenvalue weighted by atomic mass is 16.6. The van der Waals surface area contributed by atoms with Gasteiger partial charge in [-0.1, -0.05) is 91.0 Å². The van der Waals surface area contributed by atoms with Crippen LogP contribution in [0.2, 0.25) is 0 Å². The number of hydrogen-bond acceptors (Lipinski definition) is 6. The van der Waals surface area contributed by atoms with Gasteiger partial charge in [-0.3, -0.25) is 14.4 Å². The second kappa shape index (κ2) is 13.9. The van der Waals surface area contributed by atoms with Crippen molar-refractivity contribution in [2.75, 3.05) is 13.2 Å². The van der Waals surface area contributed by atoms with E-state index >= 15 is 0 Å². The van der Waals surface area contributed by atoms with Gasteiger partial charge < -0.3 is 25.4 Å². The van der Waals surface area contributed by atoms with E-state index in [4.69, 9.17) is 9.47 Å². The summed E-state index contributed by atoms with van der Waals surface area (Å²) >= 11 is 0. The molecule has 3 aromatic rings. The lowest BCUT2D eigenvalue weighted by Gasteiger charge is -2.23. The molecule has 9 heteroatoms. The van der Waals surface area contributed by atoms with Crippen LogP contribution in [0.3, 0.4) is 0 Å². The van der Waals surface area contributed by atoms with Crippen LogP contribution in [0.5, 0.6) is 0 Å². The molecule has 1 saturated heterocycles. The molecule has 4 rings (SSSR count). The van der Waals surface area contributed by atoms with Crippen molar-refractivity contribution in [2.24, 2.45) is 0 Å². The zero-order valence-electron chi connectivity index (χ0n) is 21.4. The molecule has 1 heterocycles. The van der Waals surface area contributed by atoms with Gasteiger partial charge in [-0.25, -0.2) is 4.79 Å². The molecule has 1 fully saturated rings. The molecule has 3 atom stereocenters. The summed E-state index contributed by atoms with van der Waals surface area (Å²) in [6.07, 6.45) is -0.793. The standard InChI is InChI=1S/C30H31N3O6/c34-27(18-31-30(37)39-19-23-14-8-3-9-15-23)32-25(17-22-12-6-2-7-13-22)29(36)33-24(28(35)26-20-38-26)16-21-10-4-1-5-11-21/h1-15,24-26H,16-20H2,(H,31,37)(H,32,34)(H,33,36). The molecule has 1 aliphatic rings. The van der Waals surface area contributed by atoms with E-state index in [1.54, 1.807) is 0 Å². The first-order chi connectivity index (χ1) is 19.0. The van der Waals surface area contributed by atoms with Gasteiger partial charge in [0.25, 0.3) is 0 Å². The van der Waals surface area contributed by atoms with Crippen LogP contribution in [-0.4, -0.2) is 55.0 Å². The molecule has 0 aromatic heterocycles. The number of ether oxygens (including phenoxy) is 2. The van der Waals surface area contributed by atoms with Crippen molar-refractivity contribution in [1.82, 2.24) is 16.0 Å². The number of benzene rings is 3. The third kappa shape index (κ3) is 9.08. The predicted molar refractivity (Wildman–Crippen MR) is 144 cm³/mol. The Bertz CT molecular complexity index is 1250. The lowest BCUT2D eigenvalue weighted by atomic mass is 9.99. The maximum Gasteiger partial charge on any atom is 0.407 e. The Morgan fingerprint density at radius 1 is 0.744 bits per heavy atom. The minimum absolute atomic E-state index is 0.0644. The summed E-state index contributed by atoms with van der Waals surface area (Å²) in [5.74, 6) is -1.28. The molecule has 0 bridgehead atoms. The summed E-state index contributed by atoms with van der Waals surface area (Å²) < 4.78 is 10.3. The molecule has 0 spiro atoms. The fourth-order valence-corrected chi connectivity index (χ4v) is 4.01. The molecule has 0 saturated carbocycles. The predicted octanol–water partition coefficient (Wildman–Crippen LogP) is 2.34.